The summed E-state index contributed by atoms with van der Waals surface area (Å²) in [5.74, 6) is 0.289. The number of nitrogens with zero attached hydrogens (tertiary/aromatic N) is 2. The first kappa shape index (κ1) is 13.3. The first-order valence-corrected chi connectivity index (χ1v) is 6.10. The van der Waals surface area contributed by atoms with E-state index in [0.717, 1.165) is 5.56 Å². The van der Waals surface area contributed by atoms with E-state index in [2.05, 4.69) is 20.6 Å². The van der Waals surface area contributed by atoms with Crippen LogP contribution in [-0.2, 0) is 6.54 Å². The van der Waals surface area contributed by atoms with Gasteiger partial charge >= 0.3 is 0 Å². The summed E-state index contributed by atoms with van der Waals surface area (Å²) in [6.07, 6.45) is 3.35. The minimum Gasteiger partial charge on any atom is -0.373 e. The summed E-state index contributed by atoms with van der Waals surface area (Å²) in [6.45, 7) is 0.406. The lowest BCUT2D eigenvalue weighted by atomic mass is 10.2. The molecule has 0 saturated heterocycles. The average molecular weight is 277 g/mol. The first-order valence-electron chi connectivity index (χ1n) is 5.72. The Kier molecular flexibility index (Phi) is 4.30. The van der Waals surface area contributed by atoms with Gasteiger partial charge in [0.1, 0.15) is 11.5 Å². The van der Waals surface area contributed by atoms with E-state index in [1.165, 1.54) is 0 Å². The van der Waals surface area contributed by atoms with Crippen molar-refractivity contribution >= 4 is 23.3 Å². The SMILES string of the molecule is CNc1ccc(Cl)c(C(=O)NCc2ccncc2)n1. The number of carbonyl (C=O) groups is 1. The molecule has 0 aliphatic carbocycles. The van der Waals surface area contributed by atoms with Crippen LogP contribution in [0.15, 0.2) is 36.7 Å². The molecule has 0 saturated carbocycles. The molecule has 2 N–H and O–H groups in total. The van der Waals surface area contributed by atoms with Crippen LogP contribution in [0.25, 0.3) is 0 Å². The number of halogens is 1. The van der Waals surface area contributed by atoms with Gasteiger partial charge in [-0.3, -0.25) is 9.78 Å². The zero-order valence-electron chi connectivity index (χ0n) is 10.4. The van der Waals surface area contributed by atoms with Crippen molar-refractivity contribution in [2.45, 2.75) is 6.54 Å². The molecule has 6 heteroatoms. The molecule has 0 aliphatic rings. The fourth-order valence-corrected chi connectivity index (χ4v) is 1.70. The number of nitrogens with one attached hydrogen (secondary N) is 2. The summed E-state index contributed by atoms with van der Waals surface area (Å²) < 4.78 is 0. The Morgan fingerprint density at radius 3 is 2.68 bits per heavy atom. The van der Waals surface area contributed by atoms with Crippen molar-refractivity contribution in [2.75, 3.05) is 12.4 Å². The molecule has 0 radical (unpaired) electrons. The molecule has 2 heterocycles. The van der Waals surface area contributed by atoms with Crippen LogP contribution >= 0.6 is 11.6 Å². The fraction of sp³-hybridized carbons (Fsp3) is 0.154. The molecule has 0 spiro atoms. The standard InChI is InChI=1S/C13H13ClN4O/c1-15-11-3-2-10(14)12(18-11)13(19)17-8-9-4-6-16-7-5-9/h2-7H,8H2,1H3,(H,15,18)(H,17,19). The van der Waals surface area contributed by atoms with Crippen molar-refractivity contribution < 1.29 is 4.79 Å². The zero-order chi connectivity index (χ0) is 13.7. The number of amides is 1. The van der Waals surface area contributed by atoms with Gasteiger partial charge in [-0.1, -0.05) is 11.6 Å². The Labute approximate surface area is 116 Å². The molecule has 2 aromatic heterocycles. The molecular weight excluding hydrogens is 264 g/mol. The maximum absolute atomic E-state index is 12.0. The summed E-state index contributed by atoms with van der Waals surface area (Å²) in [5, 5.41) is 5.96. The number of hydrogen-bond acceptors (Lipinski definition) is 4. The van der Waals surface area contributed by atoms with Gasteiger partial charge in [-0.2, -0.15) is 0 Å². The van der Waals surface area contributed by atoms with E-state index >= 15 is 0 Å². The normalized spacial score (nSPS) is 10.0. The molecule has 19 heavy (non-hydrogen) atoms. The highest BCUT2D eigenvalue weighted by Gasteiger charge is 2.12. The summed E-state index contributed by atoms with van der Waals surface area (Å²) in [4.78, 5) is 20.1. The van der Waals surface area contributed by atoms with Gasteiger partial charge in [-0.15, -0.1) is 0 Å². The van der Waals surface area contributed by atoms with Crippen molar-refractivity contribution in [1.82, 2.24) is 15.3 Å². The first-order chi connectivity index (χ1) is 9.20. The van der Waals surface area contributed by atoms with Crippen LogP contribution in [0.5, 0.6) is 0 Å². The highest BCUT2D eigenvalue weighted by atomic mass is 35.5. The molecule has 5 nitrogen and oxygen atoms in total. The van der Waals surface area contributed by atoms with Crippen LogP contribution in [0.2, 0.25) is 5.02 Å². The lowest BCUT2D eigenvalue weighted by molar-refractivity contribution is 0.0946. The molecule has 0 fully saturated rings. The second kappa shape index (κ2) is 6.15. The Morgan fingerprint density at radius 1 is 1.26 bits per heavy atom. The largest absolute Gasteiger partial charge is 0.373 e. The Bertz CT molecular complexity index is 574. The van der Waals surface area contributed by atoms with E-state index in [1.54, 1.807) is 31.6 Å². The van der Waals surface area contributed by atoms with Crippen LogP contribution in [0.4, 0.5) is 5.82 Å². The Hall–Kier alpha value is -2.14. The third kappa shape index (κ3) is 3.42. The third-order valence-corrected chi connectivity index (χ3v) is 2.82. The molecular formula is C13H13ClN4O. The van der Waals surface area contributed by atoms with Crippen molar-refractivity contribution in [3.63, 3.8) is 0 Å². The molecule has 0 aromatic carbocycles. The van der Waals surface area contributed by atoms with Crippen molar-refractivity contribution in [2.24, 2.45) is 0 Å². The van der Waals surface area contributed by atoms with Crippen molar-refractivity contribution in [1.29, 1.82) is 0 Å². The Morgan fingerprint density at radius 2 is 2.00 bits per heavy atom. The second-order valence-electron chi connectivity index (χ2n) is 3.82. The molecule has 1 amide bonds. The van der Waals surface area contributed by atoms with Crippen LogP contribution in [0.1, 0.15) is 16.1 Å². The van der Waals surface area contributed by atoms with Gasteiger partial charge < -0.3 is 10.6 Å². The average Bonchev–Trinajstić information content (AvgIpc) is 2.46. The van der Waals surface area contributed by atoms with Crippen LogP contribution in [-0.4, -0.2) is 22.9 Å². The van der Waals surface area contributed by atoms with E-state index < -0.39 is 0 Å². The van der Waals surface area contributed by atoms with Crippen LogP contribution < -0.4 is 10.6 Å². The van der Waals surface area contributed by atoms with Gasteiger partial charge in [0.2, 0.25) is 0 Å². The number of hydrogen-bond donors (Lipinski definition) is 2. The quantitative estimate of drug-likeness (QED) is 0.897. The molecule has 0 atom stereocenters. The van der Waals surface area contributed by atoms with E-state index in [-0.39, 0.29) is 11.6 Å². The highest BCUT2D eigenvalue weighted by Crippen LogP contribution is 2.16. The second-order valence-corrected chi connectivity index (χ2v) is 4.22. The topological polar surface area (TPSA) is 66.9 Å². The predicted octanol–water partition coefficient (Wildman–Crippen LogP) is 2.10. The Balaban J connectivity index is 2.08. The lowest BCUT2D eigenvalue weighted by Gasteiger charge is -2.07. The molecule has 0 aliphatic heterocycles. The van der Waals surface area contributed by atoms with E-state index in [0.29, 0.717) is 17.4 Å². The highest BCUT2D eigenvalue weighted by molar-refractivity contribution is 6.33. The minimum absolute atomic E-state index is 0.211. The van der Waals surface area contributed by atoms with Crippen molar-refractivity contribution in [3.8, 4) is 0 Å². The maximum Gasteiger partial charge on any atom is 0.271 e. The summed E-state index contributed by atoms with van der Waals surface area (Å²) in [7, 11) is 1.73. The number of carbonyl (C=O) groups excluding carboxylic acids is 1. The van der Waals surface area contributed by atoms with Crippen molar-refractivity contribution in [3.05, 3.63) is 52.9 Å². The van der Waals surface area contributed by atoms with Gasteiger partial charge in [0.25, 0.3) is 5.91 Å². The zero-order valence-corrected chi connectivity index (χ0v) is 11.1. The van der Waals surface area contributed by atoms with Gasteiger partial charge in [-0.25, -0.2) is 4.98 Å². The number of aromatic nitrogens is 2. The molecule has 2 rings (SSSR count). The maximum atomic E-state index is 12.0. The third-order valence-electron chi connectivity index (χ3n) is 2.52. The summed E-state index contributed by atoms with van der Waals surface area (Å²) in [6, 6.07) is 7.02. The number of pyridine rings is 2. The summed E-state index contributed by atoms with van der Waals surface area (Å²) >= 11 is 5.97. The van der Waals surface area contributed by atoms with Gasteiger partial charge in [-0.05, 0) is 29.8 Å². The van der Waals surface area contributed by atoms with E-state index in [4.69, 9.17) is 11.6 Å². The van der Waals surface area contributed by atoms with E-state index in [1.807, 2.05) is 12.1 Å². The fourth-order valence-electron chi connectivity index (χ4n) is 1.51. The number of rotatable bonds is 4. The molecule has 0 bridgehead atoms. The molecule has 2 aromatic rings. The van der Waals surface area contributed by atoms with Gasteiger partial charge in [0.15, 0.2) is 0 Å². The van der Waals surface area contributed by atoms with Gasteiger partial charge in [0, 0.05) is 26.0 Å². The van der Waals surface area contributed by atoms with Crippen LogP contribution in [0.3, 0.4) is 0 Å². The lowest BCUT2D eigenvalue weighted by Crippen LogP contribution is -2.24. The number of anilines is 1. The smallest absolute Gasteiger partial charge is 0.271 e. The monoisotopic (exact) mass is 276 g/mol. The molecule has 0 unspecified atom stereocenters. The predicted molar refractivity (Wildman–Crippen MR) is 74.2 cm³/mol. The minimum atomic E-state index is -0.307. The van der Waals surface area contributed by atoms with E-state index in [9.17, 15) is 4.79 Å². The summed E-state index contributed by atoms with van der Waals surface area (Å²) in [5.41, 5.74) is 1.17. The van der Waals surface area contributed by atoms with Gasteiger partial charge in [0.05, 0.1) is 5.02 Å². The van der Waals surface area contributed by atoms with Crippen LogP contribution in [0, 0.1) is 0 Å². The molecule has 98 valence electrons.